The first-order valence-electron chi connectivity index (χ1n) is 7.99. The van der Waals surface area contributed by atoms with Gasteiger partial charge in [-0.2, -0.15) is 5.10 Å². The first kappa shape index (κ1) is 18.4. The van der Waals surface area contributed by atoms with E-state index < -0.39 is 23.3 Å². The lowest BCUT2D eigenvalue weighted by Gasteiger charge is -2.16. The molecule has 0 spiro atoms. The minimum absolute atomic E-state index is 0.0772. The van der Waals surface area contributed by atoms with Gasteiger partial charge in [-0.3, -0.25) is 9.59 Å². The van der Waals surface area contributed by atoms with E-state index in [1.165, 1.54) is 10.7 Å². The SMILES string of the molecule is Cc1cc(=O)c(C(=O)N[C@H](CC(C)C)C(=O)O)nn1-c1ccccc1. The summed E-state index contributed by atoms with van der Waals surface area (Å²) in [6, 6.07) is 9.32. The van der Waals surface area contributed by atoms with Crippen LogP contribution in [0.2, 0.25) is 0 Å². The van der Waals surface area contributed by atoms with E-state index in [9.17, 15) is 19.5 Å². The van der Waals surface area contributed by atoms with Gasteiger partial charge in [0.25, 0.3) is 5.91 Å². The van der Waals surface area contributed by atoms with E-state index in [0.29, 0.717) is 11.4 Å². The van der Waals surface area contributed by atoms with Crippen molar-refractivity contribution in [3.63, 3.8) is 0 Å². The molecule has 0 fully saturated rings. The average molecular weight is 343 g/mol. The highest BCUT2D eigenvalue weighted by Gasteiger charge is 2.24. The van der Waals surface area contributed by atoms with Crippen molar-refractivity contribution in [1.29, 1.82) is 0 Å². The molecule has 25 heavy (non-hydrogen) atoms. The molecule has 0 saturated carbocycles. The summed E-state index contributed by atoms with van der Waals surface area (Å²) < 4.78 is 1.48. The van der Waals surface area contributed by atoms with Gasteiger partial charge in [-0.15, -0.1) is 0 Å². The van der Waals surface area contributed by atoms with Gasteiger partial charge in [0.05, 0.1) is 5.69 Å². The Hall–Kier alpha value is -2.96. The standard InChI is InChI=1S/C18H21N3O4/c1-11(2)9-14(18(24)25)19-17(23)16-15(22)10-12(3)21(20-16)13-7-5-4-6-8-13/h4-8,10-11,14H,9H2,1-3H3,(H,19,23)(H,24,25)/t14-/m1/s1. The third kappa shape index (κ3) is 4.53. The number of hydrogen-bond donors (Lipinski definition) is 2. The molecule has 0 aliphatic heterocycles. The first-order valence-corrected chi connectivity index (χ1v) is 7.99. The third-order valence-electron chi connectivity index (χ3n) is 3.63. The number of benzene rings is 1. The normalized spacial score (nSPS) is 12.0. The van der Waals surface area contributed by atoms with Gasteiger partial charge in [-0.1, -0.05) is 32.0 Å². The molecule has 0 bridgehead atoms. The molecule has 1 aromatic carbocycles. The maximum absolute atomic E-state index is 12.4. The predicted molar refractivity (Wildman–Crippen MR) is 92.9 cm³/mol. The molecule has 1 amide bonds. The Bertz CT molecular complexity index is 828. The second-order valence-electron chi connectivity index (χ2n) is 6.24. The van der Waals surface area contributed by atoms with Crippen LogP contribution >= 0.6 is 0 Å². The fourth-order valence-corrected chi connectivity index (χ4v) is 2.45. The summed E-state index contributed by atoms with van der Waals surface area (Å²) in [4.78, 5) is 35.9. The number of hydrogen-bond acceptors (Lipinski definition) is 4. The number of nitrogens with zero attached hydrogens (tertiary/aromatic N) is 2. The Kier molecular flexibility index (Phi) is 5.69. The van der Waals surface area contributed by atoms with Crippen LogP contribution in [0, 0.1) is 12.8 Å². The number of aromatic nitrogens is 2. The lowest BCUT2D eigenvalue weighted by molar-refractivity contribution is -0.139. The number of aryl methyl sites for hydroxylation is 1. The summed E-state index contributed by atoms with van der Waals surface area (Å²) in [6.45, 7) is 5.42. The van der Waals surface area contributed by atoms with Crippen molar-refractivity contribution in [1.82, 2.24) is 15.1 Å². The minimum Gasteiger partial charge on any atom is -0.480 e. The number of carboxylic acids is 1. The molecular formula is C18H21N3O4. The fraction of sp³-hybridized carbons (Fsp3) is 0.333. The van der Waals surface area contributed by atoms with Crippen LogP contribution in [0.5, 0.6) is 0 Å². The van der Waals surface area contributed by atoms with Gasteiger partial charge in [-0.05, 0) is 31.4 Å². The maximum Gasteiger partial charge on any atom is 0.326 e. The largest absolute Gasteiger partial charge is 0.480 e. The van der Waals surface area contributed by atoms with Crippen LogP contribution in [-0.2, 0) is 4.79 Å². The molecule has 7 nitrogen and oxygen atoms in total. The van der Waals surface area contributed by atoms with Gasteiger partial charge in [0.1, 0.15) is 6.04 Å². The highest BCUT2D eigenvalue weighted by atomic mass is 16.4. The van der Waals surface area contributed by atoms with Crippen LogP contribution in [0.1, 0.15) is 36.5 Å². The summed E-state index contributed by atoms with van der Waals surface area (Å²) in [5.41, 5.74) is 0.399. The van der Waals surface area contributed by atoms with Gasteiger partial charge in [0.2, 0.25) is 5.43 Å². The number of carbonyl (C=O) groups excluding carboxylic acids is 1. The van der Waals surface area contributed by atoms with Gasteiger partial charge < -0.3 is 10.4 Å². The van der Waals surface area contributed by atoms with Crippen molar-refractivity contribution < 1.29 is 14.7 Å². The summed E-state index contributed by atoms with van der Waals surface area (Å²) >= 11 is 0. The van der Waals surface area contributed by atoms with Gasteiger partial charge in [-0.25, -0.2) is 9.48 Å². The third-order valence-corrected chi connectivity index (χ3v) is 3.63. The quantitative estimate of drug-likeness (QED) is 0.832. The van der Waals surface area contributed by atoms with E-state index >= 15 is 0 Å². The van der Waals surface area contributed by atoms with Gasteiger partial charge in [0, 0.05) is 11.8 Å². The molecule has 2 N–H and O–H groups in total. The fourth-order valence-electron chi connectivity index (χ4n) is 2.45. The Morgan fingerprint density at radius 2 is 1.88 bits per heavy atom. The lowest BCUT2D eigenvalue weighted by atomic mass is 10.0. The zero-order chi connectivity index (χ0) is 18.6. The Balaban J connectivity index is 2.37. The van der Waals surface area contributed by atoms with E-state index in [1.54, 1.807) is 19.1 Å². The molecular weight excluding hydrogens is 322 g/mol. The lowest BCUT2D eigenvalue weighted by Crippen LogP contribution is -2.43. The molecule has 0 aliphatic rings. The Morgan fingerprint density at radius 1 is 1.24 bits per heavy atom. The zero-order valence-corrected chi connectivity index (χ0v) is 14.4. The van der Waals surface area contributed by atoms with Crippen LogP contribution in [0.4, 0.5) is 0 Å². The number of amides is 1. The molecule has 0 radical (unpaired) electrons. The number of aliphatic carboxylic acids is 1. The zero-order valence-electron chi connectivity index (χ0n) is 14.4. The van der Waals surface area contributed by atoms with Crippen LogP contribution in [0.25, 0.3) is 5.69 Å². The predicted octanol–water partition coefficient (Wildman–Crippen LogP) is 1.77. The topological polar surface area (TPSA) is 101 Å². The smallest absolute Gasteiger partial charge is 0.326 e. The molecule has 1 aromatic heterocycles. The first-order chi connectivity index (χ1) is 11.8. The molecule has 0 aliphatic carbocycles. The van der Waals surface area contributed by atoms with Crippen molar-refractivity contribution in [2.24, 2.45) is 5.92 Å². The molecule has 2 aromatic rings. The van der Waals surface area contributed by atoms with Crippen molar-refractivity contribution in [3.8, 4) is 5.69 Å². The number of rotatable bonds is 6. The highest BCUT2D eigenvalue weighted by Crippen LogP contribution is 2.09. The monoisotopic (exact) mass is 343 g/mol. The van der Waals surface area contributed by atoms with Crippen LogP contribution in [0.15, 0.2) is 41.2 Å². The second kappa shape index (κ2) is 7.74. The minimum atomic E-state index is -1.14. The van der Waals surface area contributed by atoms with Crippen LogP contribution < -0.4 is 10.7 Å². The van der Waals surface area contributed by atoms with E-state index in [4.69, 9.17) is 0 Å². The molecule has 7 heteroatoms. The molecule has 2 rings (SSSR count). The maximum atomic E-state index is 12.4. The highest BCUT2D eigenvalue weighted by molar-refractivity contribution is 5.94. The van der Waals surface area contributed by atoms with Gasteiger partial charge >= 0.3 is 5.97 Å². The Morgan fingerprint density at radius 3 is 2.44 bits per heavy atom. The van der Waals surface area contributed by atoms with Crippen molar-refractivity contribution in [3.05, 3.63) is 58.0 Å². The van der Waals surface area contributed by atoms with Crippen molar-refractivity contribution in [2.45, 2.75) is 33.2 Å². The summed E-state index contributed by atoms with van der Waals surface area (Å²) in [5, 5.41) is 15.8. The van der Waals surface area contributed by atoms with E-state index in [1.807, 2.05) is 32.0 Å². The van der Waals surface area contributed by atoms with Crippen LogP contribution in [0.3, 0.4) is 0 Å². The molecule has 1 atom stereocenters. The summed E-state index contributed by atoms with van der Waals surface area (Å²) in [6.07, 6.45) is 0.264. The summed E-state index contributed by atoms with van der Waals surface area (Å²) in [7, 11) is 0. The van der Waals surface area contributed by atoms with Crippen molar-refractivity contribution >= 4 is 11.9 Å². The summed E-state index contributed by atoms with van der Waals surface area (Å²) in [5.74, 6) is -1.85. The number of carboxylic acid groups (broad SMARTS) is 1. The molecule has 0 saturated heterocycles. The van der Waals surface area contributed by atoms with Crippen molar-refractivity contribution in [2.75, 3.05) is 0 Å². The molecule has 132 valence electrons. The number of carbonyl (C=O) groups is 2. The Labute approximate surface area is 145 Å². The van der Waals surface area contributed by atoms with E-state index in [2.05, 4.69) is 10.4 Å². The van der Waals surface area contributed by atoms with E-state index in [-0.39, 0.29) is 18.0 Å². The van der Waals surface area contributed by atoms with Crippen LogP contribution in [-0.4, -0.2) is 32.8 Å². The second-order valence-corrected chi connectivity index (χ2v) is 6.24. The number of para-hydroxylation sites is 1. The van der Waals surface area contributed by atoms with Gasteiger partial charge in [0.15, 0.2) is 5.69 Å². The average Bonchev–Trinajstić information content (AvgIpc) is 2.54. The molecule has 1 heterocycles. The number of nitrogens with one attached hydrogen (secondary N) is 1. The molecule has 0 unspecified atom stereocenters. The van der Waals surface area contributed by atoms with E-state index in [0.717, 1.165) is 0 Å².